The largest absolute Gasteiger partial charge is 0.491 e. The van der Waals surface area contributed by atoms with Crippen molar-refractivity contribution in [3.8, 4) is 38.8 Å². The molecule has 0 saturated heterocycles. The normalized spacial score (nSPS) is 10.9. The molecule has 5 rings (SSSR count). The van der Waals surface area contributed by atoms with Gasteiger partial charge in [0.05, 0.1) is 41.2 Å². The molecular formula is C36H32N2O3S2. The zero-order valence-electron chi connectivity index (χ0n) is 24.6. The van der Waals surface area contributed by atoms with E-state index in [1.807, 2.05) is 50.2 Å². The van der Waals surface area contributed by atoms with Crippen molar-refractivity contribution in [2.45, 2.75) is 46.5 Å². The molecule has 0 aliphatic carbocycles. The third-order valence-electron chi connectivity index (χ3n) is 7.60. The van der Waals surface area contributed by atoms with Crippen LogP contribution in [0, 0.1) is 43.4 Å². The molecule has 0 radical (unpaired) electrons. The highest BCUT2D eigenvalue weighted by Gasteiger charge is 2.21. The second kappa shape index (κ2) is 13.3. The van der Waals surface area contributed by atoms with Crippen molar-refractivity contribution in [3.63, 3.8) is 0 Å². The van der Waals surface area contributed by atoms with Crippen LogP contribution in [-0.4, -0.2) is 19.2 Å². The third kappa shape index (κ3) is 6.34. The number of aryl methyl sites for hydroxylation is 3. The number of nitriles is 2. The Morgan fingerprint density at radius 2 is 1.35 bits per heavy atom. The number of thiophene rings is 2. The van der Waals surface area contributed by atoms with Gasteiger partial charge in [0.15, 0.2) is 0 Å². The summed E-state index contributed by atoms with van der Waals surface area (Å²) in [5.41, 5.74) is 6.94. The van der Waals surface area contributed by atoms with Gasteiger partial charge >= 0.3 is 5.97 Å². The van der Waals surface area contributed by atoms with Crippen LogP contribution < -0.4 is 4.74 Å². The van der Waals surface area contributed by atoms with E-state index in [0.717, 1.165) is 73.5 Å². The van der Waals surface area contributed by atoms with Crippen molar-refractivity contribution >= 4 is 48.8 Å². The molecule has 0 N–H and O–H groups in total. The van der Waals surface area contributed by atoms with Crippen LogP contribution in [0.15, 0.2) is 61.2 Å². The molecule has 0 unspecified atom stereocenters. The first kappa shape index (κ1) is 30.0. The maximum atomic E-state index is 11.2. The molecule has 5 nitrogen and oxygen atoms in total. The van der Waals surface area contributed by atoms with E-state index in [9.17, 15) is 15.3 Å². The van der Waals surface area contributed by atoms with E-state index >= 15 is 0 Å². The highest BCUT2D eigenvalue weighted by molar-refractivity contribution is 7.24. The summed E-state index contributed by atoms with van der Waals surface area (Å²) in [4.78, 5) is 13.5. The quantitative estimate of drug-likeness (QED) is 0.0851. The minimum Gasteiger partial charge on any atom is -0.491 e. The van der Waals surface area contributed by atoms with Gasteiger partial charge in [-0.2, -0.15) is 10.5 Å². The lowest BCUT2D eigenvalue weighted by Crippen LogP contribution is -2.02. The minimum absolute atomic E-state index is 0.381. The molecule has 2 heterocycles. The Morgan fingerprint density at radius 1 is 0.791 bits per heavy atom. The first-order valence-electron chi connectivity index (χ1n) is 14.3. The molecule has 0 fully saturated rings. The zero-order valence-corrected chi connectivity index (χ0v) is 26.2. The summed E-state index contributed by atoms with van der Waals surface area (Å²) in [6, 6.07) is 20.7. The fourth-order valence-electron chi connectivity index (χ4n) is 5.31. The molecule has 0 amide bonds. The Morgan fingerprint density at radius 3 is 1.91 bits per heavy atom. The molecule has 43 heavy (non-hydrogen) atoms. The predicted molar refractivity (Wildman–Crippen MR) is 177 cm³/mol. The molecule has 216 valence electrons. The summed E-state index contributed by atoms with van der Waals surface area (Å²) in [5.74, 6) is 0.528. The second-order valence-electron chi connectivity index (χ2n) is 10.6. The van der Waals surface area contributed by atoms with E-state index in [4.69, 9.17) is 9.47 Å². The van der Waals surface area contributed by atoms with E-state index < -0.39 is 0 Å². The van der Waals surface area contributed by atoms with Gasteiger partial charge in [0.1, 0.15) is 5.75 Å². The van der Waals surface area contributed by atoms with Crippen LogP contribution >= 0.6 is 22.7 Å². The standard InChI is InChI=1S/C36H32N2O3S2/c1-5-33(39)40-14-8-6-7-9-15-41-34-30-19-32(28-13-11-26(21-38)17-23(28)3)42-35(30)24(4)29-18-31(43-36(29)34)27-12-10-25(20-37)16-22(27)2/h5,10-13,16-19H,1,6-9,14-15H2,2-4H3. The van der Waals surface area contributed by atoms with Crippen molar-refractivity contribution < 1.29 is 14.3 Å². The summed E-state index contributed by atoms with van der Waals surface area (Å²) < 4.78 is 14.0. The molecule has 0 aliphatic rings. The molecule has 3 aromatic carbocycles. The smallest absolute Gasteiger partial charge is 0.330 e. The van der Waals surface area contributed by atoms with Gasteiger partial charge in [0.2, 0.25) is 0 Å². The van der Waals surface area contributed by atoms with Crippen LogP contribution in [0.4, 0.5) is 0 Å². The predicted octanol–water partition coefficient (Wildman–Crippen LogP) is 9.79. The van der Waals surface area contributed by atoms with Crippen LogP contribution in [0.1, 0.15) is 53.5 Å². The van der Waals surface area contributed by atoms with E-state index in [1.165, 1.54) is 21.7 Å². The Bertz CT molecular complexity index is 1820. The topological polar surface area (TPSA) is 83.1 Å². The van der Waals surface area contributed by atoms with Gasteiger partial charge in [-0.25, -0.2) is 4.79 Å². The van der Waals surface area contributed by atoms with E-state index in [-0.39, 0.29) is 5.97 Å². The number of rotatable bonds is 11. The van der Waals surface area contributed by atoms with Crippen molar-refractivity contribution in [1.82, 2.24) is 0 Å². The molecule has 0 bridgehead atoms. The highest BCUT2D eigenvalue weighted by Crippen LogP contribution is 2.49. The maximum Gasteiger partial charge on any atom is 0.330 e. The Balaban J connectivity index is 1.50. The monoisotopic (exact) mass is 604 g/mol. The molecule has 0 saturated carbocycles. The average molecular weight is 605 g/mol. The lowest BCUT2D eigenvalue weighted by atomic mass is 10.0. The van der Waals surface area contributed by atoms with Gasteiger partial charge in [-0.15, -0.1) is 22.7 Å². The molecular weight excluding hydrogens is 573 g/mol. The van der Waals surface area contributed by atoms with Gasteiger partial charge in [-0.3, -0.25) is 0 Å². The van der Waals surface area contributed by atoms with Crippen LogP contribution in [0.3, 0.4) is 0 Å². The van der Waals surface area contributed by atoms with Crippen LogP contribution in [-0.2, 0) is 9.53 Å². The first-order chi connectivity index (χ1) is 20.8. The third-order valence-corrected chi connectivity index (χ3v) is 10.1. The fourth-order valence-corrected chi connectivity index (χ4v) is 7.89. The molecule has 2 aromatic heterocycles. The van der Waals surface area contributed by atoms with Crippen molar-refractivity contribution in [1.29, 1.82) is 10.5 Å². The minimum atomic E-state index is -0.381. The number of esters is 1. The number of unbranched alkanes of at least 4 members (excludes halogenated alkanes) is 3. The Kier molecular flexibility index (Phi) is 9.26. The second-order valence-corrected chi connectivity index (χ2v) is 12.7. The number of hydrogen-bond donors (Lipinski definition) is 0. The summed E-state index contributed by atoms with van der Waals surface area (Å²) in [5, 5.41) is 21.0. The van der Waals surface area contributed by atoms with E-state index in [0.29, 0.717) is 24.3 Å². The first-order valence-corrected chi connectivity index (χ1v) is 15.9. The molecule has 0 aliphatic heterocycles. The Hall–Kier alpha value is -4.43. The van der Waals surface area contributed by atoms with Gasteiger partial charge in [-0.05, 0) is 111 Å². The fraction of sp³-hybridized carbons (Fsp3) is 0.250. The number of fused-ring (bicyclic) bond motifs is 2. The van der Waals surface area contributed by atoms with Crippen molar-refractivity contribution in [3.05, 3.63) is 89.0 Å². The van der Waals surface area contributed by atoms with E-state index in [2.05, 4.69) is 37.8 Å². The average Bonchev–Trinajstić information content (AvgIpc) is 3.65. The van der Waals surface area contributed by atoms with Gasteiger partial charge in [0, 0.05) is 31.3 Å². The van der Waals surface area contributed by atoms with Gasteiger partial charge < -0.3 is 9.47 Å². The number of ether oxygens (including phenoxy) is 2. The maximum absolute atomic E-state index is 11.2. The number of carbonyl (C=O) groups excluding carboxylic acids is 1. The number of benzene rings is 3. The van der Waals surface area contributed by atoms with Gasteiger partial charge in [-0.1, -0.05) is 18.7 Å². The summed E-state index contributed by atoms with van der Waals surface area (Å²) in [7, 11) is 0. The number of carbonyl (C=O) groups is 1. The molecule has 7 heteroatoms. The number of nitrogens with zero attached hydrogens (tertiary/aromatic N) is 2. The number of hydrogen-bond acceptors (Lipinski definition) is 7. The van der Waals surface area contributed by atoms with Crippen LogP contribution in [0.25, 0.3) is 41.1 Å². The lowest BCUT2D eigenvalue weighted by molar-refractivity contribution is -0.137. The van der Waals surface area contributed by atoms with Gasteiger partial charge in [0.25, 0.3) is 0 Å². The summed E-state index contributed by atoms with van der Waals surface area (Å²) in [6.45, 7) is 10.7. The molecule has 5 aromatic rings. The summed E-state index contributed by atoms with van der Waals surface area (Å²) >= 11 is 3.49. The molecule has 0 atom stereocenters. The van der Waals surface area contributed by atoms with Crippen LogP contribution in [0.5, 0.6) is 5.75 Å². The van der Waals surface area contributed by atoms with E-state index in [1.54, 1.807) is 22.7 Å². The summed E-state index contributed by atoms with van der Waals surface area (Å²) in [6.07, 6.45) is 4.82. The van der Waals surface area contributed by atoms with Crippen molar-refractivity contribution in [2.24, 2.45) is 0 Å². The lowest BCUT2D eigenvalue weighted by Gasteiger charge is -2.11. The highest BCUT2D eigenvalue weighted by atomic mass is 32.1. The Labute approximate surface area is 260 Å². The van der Waals surface area contributed by atoms with Crippen molar-refractivity contribution in [2.75, 3.05) is 13.2 Å². The zero-order chi connectivity index (χ0) is 30.5. The SMILES string of the molecule is C=CC(=O)OCCCCCCOc1c2cc(-c3ccc(C#N)cc3C)sc2c(C)c2cc(-c3ccc(C#N)cc3C)sc12. The van der Waals surface area contributed by atoms with Crippen LogP contribution in [0.2, 0.25) is 0 Å². The molecule has 0 spiro atoms.